The Morgan fingerprint density at radius 1 is 1.55 bits per heavy atom. The molecule has 1 N–H and O–H groups in total. The van der Waals surface area contributed by atoms with Gasteiger partial charge in [0.1, 0.15) is 18.0 Å². The Labute approximate surface area is 131 Å². The molecule has 1 fully saturated rings. The lowest BCUT2D eigenvalue weighted by Gasteiger charge is -2.23. The van der Waals surface area contributed by atoms with Gasteiger partial charge in [-0.05, 0) is 12.1 Å². The lowest BCUT2D eigenvalue weighted by molar-refractivity contribution is 0.0684. The summed E-state index contributed by atoms with van der Waals surface area (Å²) in [7, 11) is 1.59. The van der Waals surface area contributed by atoms with E-state index in [-0.39, 0.29) is 28.6 Å². The zero-order valence-corrected chi connectivity index (χ0v) is 12.5. The topological polar surface area (TPSA) is 71.1 Å². The first kappa shape index (κ1) is 14.9. The average molecular weight is 325 g/mol. The zero-order valence-electron chi connectivity index (χ0n) is 11.8. The number of halogens is 2. The van der Waals surface area contributed by atoms with Gasteiger partial charge in [-0.15, -0.1) is 0 Å². The summed E-state index contributed by atoms with van der Waals surface area (Å²) in [6, 6.07) is 3.88. The van der Waals surface area contributed by atoms with Crippen molar-refractivity contribution in [3.8, 4) is 0 Å². The Morgan fingerprint density at radius 2 is 2.36 bits per heavy atom. The van der Waals surface area contributed by atoms with Crippen LogP contribution in [0.2, 0.25) is 5.02 Å². The van der Waals surface area contributed by atoms with Crippen molar-refractivity contribution in [3.63, 3.8) is 0 Å². The minimum absolute atomic E-state index is 0.119. The molecule has 1 amide bonds. The fourth-order valence-corrected chi connectivity index (χ4v) is 2.86. The molecule has 1 aromatic heterocycles. The summed E-state index contributed by atoms with van der Waals surface area (Å²) in [5.74, 6) is -0.405. The van der Waals surface area contributed by atoms with E-state index in [1.807, 2.05) is 0 Å². The average Bonchev–Trinajstić information content (AvgIpc) is 3.17. The third kappa shape index (κ3) is 2.57. The Hall–Kier alpha value is -1.99. The minimum atomic E-state index is -0.619. The second-order valence-corrected chi connectivity index (χ2v) is 5.42. The van der Waals surface area contributed by atoms with Crippen molar-refractivity contribution in [2.24, 2.45) is 0 Å². The molecule has 0 saturated carbocycles. The summed E-state index contributed by atoms with van der Waals surface area (Å²) in [4.78, 5) is 18.4. The highest BCUT2D eigenvalue weighted by Crippen LogP contribution is 2.34. The van der Waals surface area contributed by atoms with Crippen molar-refractivity contribution >= 4 is 17.5 Å². The fraction of sp³-hybridized carbons (Fsp3) is 0.357. The van der Waals surface area contributed by atoms with Gasteiger partial charge >= 0.3 is 0 Å². The van der Waals surface area contributed by atoms with Crippen LogP contribution in [0, 0.1) is 5.82 Å². The molecule has 2 aromatic rings. The van der Waals surface area contributed by atoms with Crippen molar-refractivity contribution < 1.29 is 13.9 Å². The number of hydrogen-bond donors (Lipinski definition) is 1. The van der Waals surface area contributed by atoms with Crippen molar-refractivity contribution in [1.82, 2.24) is 20.1 Å². The number of carbonyl (C=O) groups is 1. The highest BCUT2D eigenvalue weighted by molar-refractivity contribution is 6.34. The molecule has 116 valence electrons. The number of nitrogens with one attached hydrogen (secondary N) is 1. The Kier molecular flexibility index (Phi) is 4.08. The number of carbonyl (C=O) groups excluding carboxylic acids is 1. The summed E-state index contributed by atoms with van der Waals surface area (Å²) < 4.78 is 18.9. The number of benzene rings is 1. The third-order valence-corrected chi connectivity index (χ3v) is 4.17. The van der Waals surface area contributed by atoms with E-state index in [1.165, 1.54) is 24.5 Å². The van der Waals surface area contributed by atoms with Crippen molar-refractivity contribution in [1.29, 1.82) is 0 Å². The van der Waals surface area contributed by atoms with Gasteiger partial charge in [-0.3, -0.25) is 9.89 Å². The van der Waals surface area contributed by atoms with E-state index < -0.39 is 5.82 Å². The summed E-state index contributed by atoms with van der Waals surface area (Å²) >= 11 is 5.92. The van der Waals surface area contributed by atoms with Crippen LogP contribution in [0.3, 0.4) is 0 Å². The number of nitrogens with zero attached hydrogens (tertiary/aromatic N) is 3. The summed E-state index contributed by atoms with van der Waals surface area (Å²) in [5, 5.41) is 6.41. The number of H-pyrrole nitrogens is 1. The zero-order chi connectivity index (χ0) is 15.7. The predicted octanol–water partition coefficient (Wildman–Crippen LogP) is 2.20. The highest BCUT2D eigenvalue weighted by Gasteiger charge is 2.39. The van der Waals surface area contributed by atoms with Crippen molar-refractivity contribution in [3.05, 3.63) is 46.8 Å². The smallest absolute Gasteiger partial charge is 0.256 e. The molecule has 3 rings (SSSR count). The number of ether oxygens (including phenoxy) is 1. The molecular weight excluding hydrogens is 311 g/mol. The molecule has 0 radical (unpaired) electrons. The quantitative estimate of drug-likeness (QED) is 0.939. The number of rotatable bonds is 3. The molecular formula is C14H14ClFN4O2. The molecule has 1 aliphatic rings. The highest BCUT2D eigenvalue weighted by atomic mass is 35.5. The van der Waals surface area contributed by atoms with E-state index in [0.29, 0.717) is 18.8 Å². The standard InChI is InChI=1S/C14H14ClFN4O2/c1-22-8-5-11(13-17-7-18-19-13)20(6-8)14(21)9-3-2-4-10(16)12(9)15/h2-4,7-8,11H,5-6H2,1H3,(H,17,18,19)/t8-,11+/m1/s1. The van der Waals surface area contributed by atoms with Crippen LogP contribution in [-0.4, -0.2) is 45.7 Å². The second kappa shape index (κ2) is 6.02. The van der Waals surface area contributed by atoms with Crippen LogP contribution in [0.15, 0.2) is 24.5 Å². The number of methoxy groups -OCH3 is 1. The monoisotopic (exact) mass is 324 g/mol. The molecule has 0 bridgehead atoms. The molecule has 0 spiro atoms. The van der Waals surface area contributed by atoms with Gasteiger partial charge in [-0.25, -0.2) is 9.37 Å². The SMILES string of the molecule is CO[C@@H]1C[C@@H](c2ncn[nH]2)N(C(=O)c2cccc(F)c2Cl)C1. The van der Waals surface area contributed by atoms with Gasteiger partial charge in [-0.2, -0.15) is 5.10 Å². The largest absolute Gasteiger partial charge is 0.380 e. The van der Waals surface area contributed by atoms with Crippen molar-refractivity contribution in [2.45, 2.75) is 18.6 Å². The van der Waals surface area contributed by atoms with Crippen LogP contribution < -0.4 is 0 Å². The molecule has 22 heavy (non-hydrogen) atoms. The molecule has 0 unspecified atom stereocenters. The fourth-order valence-electron chi connectivity index (χ4n) is 2.65. The molecule has 8 heteroatoms. The molecule has 0 aliphatic carbocycles. The number of hydrogen-bond acceptors (Lipinski definition) is 4. The van der Waals surface area contributed by atoms with Gasteiger partial charge in [0.25, 0.3) is 5.91 Å². The maximum absolute atomic E-state index is 13.6. The summed E-state index contributed by atoms with van der Waals surface area (Å²) in [6.45, 7) is 0.382. The Balaban J connectivity index is 1.94. The van der Waals surface area contributed by atoms with Gasteiger partial charge in [0, 0.05) is 20.1 Å². The first-order chi connectivity index (χ1) is 10.6. The molecule has 6 nitrogen and oxygen atoms in total. The van der Waals surface area contributed by atoms with Crippen LogP contribution in [0.1, 0.15) is 28.6 Å². The van der Waals surface area contributed by atoms with Crippen molar-refractivity contribution in [2.75, 3.05) is 13.7 Å². The van der Waals surface area contributed by atoms with E-state index in [9.17, 15) is 9.18 Å². The van der Waals surface area contributed by atoms with E-state index in [4.69, 9.17) is 16.3 Å². The first-order valence-electron chi connectivity index (χ1n) is 6.75. The Bertz CT molecular complexity index is 679. The first-order valence-corrected chi connectivity index (χ1v) is 7.12. The predicted molar refractivity (Wildman–Crippen MR) is 77.0 cm³/mol. The van der Waals surface area contributed by atoms with E-state index in [0.717, 1.165) is 0 Å². The minimum Gasteiger partial charge on any atom is -0.380 e. The number of aromatic amines is 1. The molecule has 1 aromatic carbocycles. The van der Waals surface area contributed by atoms with Gasteiger partial charge in [0.05, 0.1) is 22.7 Å². The normalized spacial score (nSPS) is 21.3. The van der Waals surface area contributed by atoms with Crippen LogP contribution >= 0.6 is 11.6 Å². The molecule has 2 heterocycles. The lowest BCUT2D eigenvalue weighted by atomic mass is 10.1. The van der Waals surface area contributed by atoms with Crippen LogP contribution in [0.4, 0.5) is 4.39 Å². The maximum Gasteiger partial charge on any atom is 0.256 e. The van der Waals surface area contributed by atoms with Gasteiger partial charge in [0.15, 0.2) is 0 Å². The van der Waals surface area contributed by atoms with Crippen LogP contribution in [-0.2, 0) is 4.74 Å². The number of aromatic nitrogens is 3. The summed E-state index contributed by atoms with van der Waals surface area (Å²) in [6.07, 6.45) is 1.85. The lowest BCUT2D eigenvalue weighted by Crippen LogP contribution is -2.32. The van der Waals surface area contributed by atoms with Crippen LogP contribution in [0.5, 0.6) is 0 Å². The maximum atomic E-state index is 13.6. The molecule has 1 saturated heterocycles. The number of amides is 1. The van der Waals surface area contributed by atoms with Gasteiger partial charge < -0.3 is 9.64 Å². The molecule has 2 atom stereocenters. The molecule has 1 aliphatic heterocycles. The van der Waals surface area contributed by atoms with E-state index >= 15 is 0 Å². The second-order valence-electron chi connectivity index (χ2n) is 5.04. The Morgan fingerprint density at radius 3 is 3.05 bits per heavy atom. The number of likely N-dealkylation sites (tertiary alicyclic amines) is 1. The van der Waals surface area contributed by atoms with Gasteiger partial charge in [0.2, 0.25) is 0 Å². The van der Waals surface area contributed by atoms with Crippen LogP contribution in [0.25, 0.3) is 0 Å². The van der Waals surface area contributed by atoms with Gasteiger partial charge in [-0.1, -0.05) is 17.7 Å². The summed E-state index contributed by atoms with van der Waals surface area (Å²) in [5.41, 5.74) is 0.128. The van der Waals surface area contributed by atoms with E-state index in [1.54, 1.807) is 12.0 Å². The van der Waals surface area contributed by atoms with E-state index in [2.05, 4.69) is 15.2 Å². The third-order valence-electron chi connectivity index (χ3n) is 3.79.